The summed E-state index contributed by atoms with van der Waals surface area (Å²) in [6.45, 7) is 3.60. The highest BCUT2D eigenvalue weighted by atomic mass is 79.9. The number of rotatable bonds is 4. The average molecular weight is 391 g/mol. The number of carbonyl (C=O) groups is 2. The molecule has 3 rings (SSSR count). The first-order valence-corrected chi connectivity index (χ1v) is 8.70. The molecule has 2 amide bonds. The number of aromatic nitrogens is 2. The number of hydrogen-bond donors (Lipinski definition) is 1. The minimum Gasteiger partial charge on any atom is -0.339 e. The van der Waals surface area contributed by atoms with Gasteiger partial charge >= 0.3 is 0 Å². The van der Waals surface area contributed by atoms with E-state index in [-0.39, 0.29) is 18.4 Å². The monoisotopic (exact) mass is 390 g/mol. The third-order valence-corrected chi connectivity index (χ3v) is 4.55. The maximum Gasteiger partial charge on any atom is 0.254 e. The van der Waals surface area contributed by atoms with Crippen molar-refractivity contribution in [3.63, 3.8) is 0 Å². The number of benzene rings is 1. The van der Waals surface area contributed by atoms with Crippen molar-refractivity contribution in [3.05, 3.63) is 46.2 Å². The Hall–Kier alpha value is -2.15. The Kier molecular flexibility index (Phi) is 4.99. The van der Waals surface area contributed by atoms with Crippen molar-refractivity contribution in [3.8, 4) is 0 Å². The minimum absolute atomic E-state index is 0.0390. The van der Waals surface area contributed by atoms with Gasteiger partial charge in [0.05, 0.1) is 10.7 Å². The zero-order chi connectivity index (χ0) is 17.1. The summed E-state index contributed by atoms with van der Waals surface area (Å²) in [6, 6.07) is 5.43. The second-order valence-corrected chi connectivity index (χ2v) is 6.80. The first-order valence-electron chi connectivity index (χ1n) is 7.91. The van der Waals surface area contributed by atoms with Gasteiger partial charge in [0.25, 0.3) is 5.91 Å². The molecular formula is C17H19BrN4O2. The molecular weight excluding hydrogens is 372 g/mol. The normalized spacial score (nSPS) is 14.0. The first-order chi connectivity index (χ1) is 11.5. The van der Waals surface area contributed by atoms with Gasteiger partial charge in [0.1, 0.15) is 6.54 Å². The lowest BCUT2D eigenvalue weighted by Crippen LogP contribution is -2.28. The summed E-state index contributed by atoms with van der Waals surface area (Å²) in [6.07, 6.45) is 5.48. The molecule has 1 fully saturated rings. The van der Waals surface area contributed by atoms with E-state index in [2.05, 4.69) is 26.3 Å². The summed E-state index contributed by atoms with van der Waals surface area (Å²) in [5.41, 5.74) is 2.11. The second-order valence-electron chi connectivity index (χ2n) is 5.88. The van der Waals surface area contributed by atoms with E-state index in [1.807, 2.05) is 24.0 Å². The van der Waals surface area contributed by atoms with Crippen LogP contribution in [0.25, 0.3) is 0 Å². The first kappa shape index (κ1) is 16.7. The molecule has 1 N–H and O–H groups in total. The fraction of sp³-hybridized carbons (Fsp3) is 0.353. The Morgan fingerprint density at radius 2 is 2.04 bits per heavy atom. The molecule has 0 radical (unpaired) electrons. The number of nitrogens with zero attached hydrogens (tertiary/aromatic N) is 3. The van der Waals surface area contributed by atoms with E-state index in [0.717, 1.165) is 36.0 Å². The molecule has 1 aromatic carbocycles. The van der Waals surface area contributed by atoms with Crippen molar-refractivity contribution >= 4 is 33.4 Å². The molecule has 126 valence electrons. The zero-order valence-electron chi connectivity index (χ0n) is 13.5. The van der Waals surface area contributed by atoms with E-state index in [0.29, 0.717) is 11.3 Å². The van der Waals surface area contributed by atoms with Gasteiger partial charge in [-0.15, -0.1) is 0 Å². The predicted octanol–water partition coefficient (Wildman–Crippen LogP) is 2.83. The summed E-state index contributed by atoms with van der Waals surface area (Å²) in [7, 11) is 0. The molecule has 0 aliphatic carbocycles. The topological polar surface area (TPSA) is 67.2 Å². The SMILES string of the molecule is Cc1c(NC(=O)Cn2cc(Br)cn2)cccc1C(=O)N1CCCC1. The van der Waals surface area contributed by atoms with Crippen molar-refractivity contribution in [1.82, 2.24) is 14.7 Å². The standard InChI is InChI=1S/C17H19BrN4O2/c1-12-14(17(24)21-7-2-3-8-21)5-4-6-15(12)20-16(23)11-22-10-13(18)9-19-22/h4-6,9-10H,2-3,7-8,11H2,1H3,(H,20,23). The van der Waals surface area contributed by atoms with Crippen LogP contribution in [-0.2, 0) is 11.3 Å². The van der Waals surface area contributed by atoms with Crippen LogP contribution < -0.4 is 5.32 Å². The van der Waals surface area contributed by atoms with Crippen LogP contribution in [0, 0.1) is 6.92 Å². The number of halogens is 1. The Morgan fingerprint density at radius 1 is 1.29 bits per heavy atom. The van der Waals surface area contributed by atoms with E-state index >= 15 is 0 Å². The van der Waals surface area contributed by atoms with E-state index in [9.17, 15) is 9.59 Å². The smallest absolute Gasteiger partial charge is 0.254 e. The van der Waals surface area contributed by atoms with E-state index in [1.165, 1.54) is 0 Å². The third-order valence-electron chi connectivity index (χ3n) is 4.14. The highest BCUT2D eigenvalue weighted by Crippen LogP contribution is 2.22. The van der Waals surface area contributed by atoms with Crippen LogP contribution in [-0.4, -0.2) is 39.6 Å². The van der Waals surface area contributed by atoms with Gasteiger partial charge in [-0.05, 0) is 53.4 Å². The fourth-order valence-corrected chi connectivity index (χ4v) is 3.18. The molecule has 1 saturated heterocycles. The predicted molar refractivity (Wildman–Crippen MR) is 94.9 cm³/mol. The fourth-order valence-electron chi connectivity index (χ4n) is 2.85. The van der Waals surface area contributed by atoms with Crippen molar-refractivity contribution in [2.45, 2.75) is 26.3 Å². The van der Waals surface area contributed by atoms with Gasteiger partial charge in [0.15, 0.2) is 0 Å². The molecule has 2 heterocycles. The van der Waals surface area contributed by atoms with Crippen LogP contribution >= 0.6 is 15.9 Å². The molecule has 24 heavy (non-hydrogen) atoms. The highest BCUT2D eigenvalue weighted by molar-refractivity contribution is 9.10. The van der Waals surface area contributed by atoms with E-state index in [1.54, 1.807) is 23.1 Å². The van der Waals surface area contributed by atoms with Gasteiger partial charge in [-0.1, -0.05) is 6.07 Å². The molecule has 0 saturated carbocycles. The van der Waals surface area contributed by atoms with E-state index < -0.39 is 0 Å². The molecule has 1 aromatic heterocycles. The number of hydrogen-bond acceptors (Lipinski definition) is 3. The molecule has 1 aliphatic heterocycles. The lowest BCUT2D eigenvalue weighted by molar-refractivity contribution is -0.116. The number of nitrogens with one attached hydrogen (secondary N) is 1. The molecule has 0 atom stereocenters. The van der Waals surface area contributed by atoms with Crippen LogP contribution in [0.4, 0.5) is 5.69 Å². The Morgan fingerprint density at radius 3 is 2.71 bits per heavy atom. The molecule has 0 spiro atoms. The molecule has 7 heteroatoms. The lowest BCUT2D eigenvalue weighted by Gasteiger charge is -2.18. The minimum atomic E-state index is -0.181. The number of amides is 2. The Bertz CT molecular complexity index is 766. The summed E-state index contributed by atoms with van der Waals surface area (Å²) < 4.78 is 2.37. The quantitative estimate of drug-likeness (QED) is 0.872. The van der Waals surface area contributed by atoms with Gasteiger partial charge in [0, 0.05) is 30.5 Å². The van der Waals surface area contributed by atoms with Gasteiger partial charge in [-0.2, -0.15) is 5.10 Å². The largest absolute Gasteiger partial charge is 0.339 e. The molecule has 6 nitrogen and oxygen atoms in total. The summed E-state index contributed by atoms with van der Waals surface area (Å²) in [5.74, 6) is -0.142. The molecule has 1 aliphatic rings. The number of carbonyl (C=O) groups excluding carboxylic acids is 2. The van der Waals surface area contributed by atoms with Crippen LogP contribution in [0.15, 0.2) is 35.1 Å². The number of likely N-dealkylation sites (tertiary alicyclic amines) is 1. The van der Waals surface area contributed by atoms with Gasteiger partial charge in [-0.3, -0.25) is 14.3 Å². The second kappa shape index (κ2) is 7.17. The van der Waals surface area contributed by atoms with Crippen molar-refractivity contribution in [2.75, 3.05) is 18.4 Å². The lowest BCUT2D eigenvalue weighted by atomic mass is 10.1. The van der Waals surface area contributed by atoms with Crippen molar-refractivity contribution in [1.29, 1.82) is 0 Å². The van der Waals surface area contributed by atoms with Crippen LogP contribution in [0.3, 0.4) is 0 Å². The summed E-state index contributed by atoms with van der Waals surface area (Å²) >= 11 is 3.30. The average Bonchev–Trinajstić information content (AvgIpc) is 3.20. The van der Waals surface area contributed by atoms with Crippen LogP contribution in [0.2, 0.25) is 0 Å². The van der Waals surface area contributed by atoms with Gasteiger partial charge in [0.2, 0.25) is 5.91 Å². The number of anilines is 1. The van der Waals surface area contributed by atoms with Gasteiger partial charge in [-0.25, -0.2) is 0 Å². The van der Waals surface area contributed by atoms with Crippen molar-refractivity contribution in [2.24, 2.45) is 0 Å². The summed E-state index contributed by atoms with van der Waals surface area (Å²) in [5, 5.41) is 6.93. The Labute approximate surface area is 149 Å². The highest BCUT2D eigenvalue weighted by Gasteiger charge is 2.22. The van der Waals surface area contributed by atoms with Crippen molar-refractivity contribution < 1.29 is 9.59 Å². The molecule has 0 bridgehead atoms. The maximum atomic E-state index is 12.6. The van der Waals surface area contributed by atoms with Crippen LogP contribution in [0.1, 0.15) is 28.8 Å². The molecule has 2 aromatic rings. The molecule has 0 unspecified atom stereocenters. The van der Waals surface area contributed by atoms with Crippen LogP contribution in [0.5, 0.6) is 0 Å². The van der Waals surface area contributed by atoms with E-state index in [4.69, 9.17) is 0 Å². The maximum absolute atomic E-state index is 12.6. The zero-order valence-corrected chi connectivity index (χ0v) is 15.0. The van der Waals surface area contributed by atoms with Gasteiger partial charge < -0.3 is 10.2 Å². The summed E-state index contributed by atoms with van der Waals surface area (Å²) in [4.78, 5) is 26.7. The Balaban J connectivity index is 1.72. The third kappa shape index (κ3) is 3.67.